The molecule has 16 heavy (non-hydrogen) atoms. The number of nitrogens with zero attached hydrogens (tertiary/aromatic N) is 1. The van der Waals surface area contributed by atoms with E-state index in [4.69, 9.17) is 5.11 Å². The number of hydrogen-bond donors (Lipinski definition) is 1. The molecule has 0 saturated carbocycles. The fraction of sp³-hybridized carbons (Fsp3) is 0.923. The number of rotatable bonds is 6. The van der Waals surface area contributed by atoms with Crippen LogP contribution in [0.3, 0.4) is 0 Å². The number of likely N-dealkylation sites (tertiary alicyclic amines) is 1. The van der Waals surface area contributed by atoms with Gasteiger partial charge in [-0.15, -0.1) is 0 Å². The van der Waals surface area contributed by atoms with Crippen LogP contribution in [0.4, 0.5) is 0 Å². The van der Waals surface area contributed by atoms with E-state index in [-0.39, 0.29) is 6.61 Å². The number of aliphatic hydroxyl groups excluding tert-OH is 1. The zero-order chi connectivity index (χ0) is 11.8. The van der Waals surface area contributed by atoms with Crippen LogP contribution in [0.5, 0.6) is 0 Å². The third-order valence-electron chi connectivity index (χ3n) is 3.46. The molecule has 1 amide bonds. The molecule has 0 bridgehead atoms. The van der Waals surface area contributed by atoms with E-state index in [0.717, 1.165) is 44.7 Å². The van der Waals surface area contributed by atoms with Crippen LogP contribution in [0.1, 0.15) is 51.9 Å². The molecular weight excluding hydrogens is 202 g/mol. The van der Waals surface area contributed by atoms with Crippen LogP contribution in [-0.2, 0) is 4.79 Å². The van der Waals surface area contributed by atoms with Crippen LogP contribution in [-0.4, -0.2) is 35.6 Å². The summed E-state index contributed by atoms with van der Waals surface area (Å²) in [6.45, 7) is 4.21. The zero-order valence-corrected chi connectivity index (χ0v) is 10.5. The Hall–Kier alpha value is -0.570. The van der Waals surface area contributed by atoms with Gasteiger partial charge in [0.15, 0.2) is 0 Å². The van der Waals surface area contributed by atoms with Gasteiger partial charge in [0.1, 0.15) is 0 Å². The maximum Gasteiger partial charge on any atom is 0.222 e. The third kappa shape index (κ3) is 4.52. The molecule has 0 radical (unpaired) electrons. The van der Waals surface area contributed by atoms with Crippen LogP contribution >= 0.6 is 0 Å². The molecule has 1 unspecified atom stereocenters. The van der Waals surface area contributed by atoms with Gasteiger partial charge < -0.3 is 10.0 Å². The molecule has 1 fully saturated rings. The SMILES string of the molecule is CCCC1CCC(=O)N(CCCCO)CC1. The van der Waals surface area contributed by atoms with Crippen molar-refractivity contribution in [2.45, 2.75) is 51.9 Å². The molecule has 1 rings (SSSR count). The fourth-order valence-corrected chi connectivity index (χ4v) is 2.44. The van der Waals surface area contributed by atoms with Crippen molar-refractivity contribution in [3.63, 3.8) is 0 Å². The van der Waals surface area contributed by atoms with E-state index in [2.05, 4.69) is 6.92 Å². The number of carbonyl (C=O) groups is 1. The van der Waals surface area contributed by atoms with Crippen LogP contribution < -0.4 is 0 Å². The van der Waals surface area contributed by atoms with Gasteiger partial charge in [0, 0.05) is 26.1 Å². The van der Waals surface area contributed by atoms with Gasteiger partial charge >= 0.3 is 0 Å². The summed E-state index contributed by atoms with van der Waals surface area (Å²) in [6.07, 6.45) is 7.19. The van der Waals surface area contributed by atoms with Crippen LogP contribution in [0.2, 0.25) is 0 Å². The van der Waals surface area contributed by atoms with Gasteiger partial charge in [-0.3, -0.25) is 4.79 Å². The first-order valence-electron chi connectivity index (χ1n) is 6.66. The summed E-state index contributed by atoms with van der Waals surface area (Å²) >= 11 is 0. The molecule has 3 nitrogen and oxygen atoms in total. The standard InChI is InChI=1S/C13H25NO2/c1-2-5-12-6-7-13(16)14(10-8-12)9-3-4-11-15/h12,15H,2-11H2,1H3. The highest BCUT2D eigenvalue weighted by Crippen LogP contribution is 2.22. The minimum absolute atomic E-state index is 0.237. The average molecular weight is 227 g/mol. The first kappa shape index (κ1) is 13.5. The summed E-state index contributed by atoms with van der Waals surface area (Å²) in [5, 5.41) is 8.73. The predicted octanol–water partition coefficient (Wildman–Crippen LogP) is 2.19. The quantitative estimate of drug-likeness (QED) is 0.707. The van der Waals surface area contributed by atoms with E-state index < -0.39 is 0 Å². The molecule has 1 N–H and O–H groups in total. The Morgan fingerprint density at radius 3 is 2.88 bits per heavy atom. The second-order valence-electron chi connectivity index (χ2n) is 4.79. The van der Waals surface area contributed by atoms with Crippen LogP contribution in [0.15, 0.2) is 0 Å². The maximum absolute atomic E-state index is 11.8. The van der Waals surface area contributed by atoms with Crippen LogP contribution in [0, 0.1) is 5.92 Å². The summed E-state index contributed by atoms with van der Waals surface area (Å²) in [5.41, 5.74) is 0. The van der Waals surface area contributed by atoms with E-state index in [1.165, 1.54) is 19.3 Å². The minimum Gasteiger partial charge on any atom is -0.396 e. The van der Waals surface area contributed by atoms with E-state index in [9.17, 15) is 4.79 Å². The van der Waals surface area contributed by atoms with E-state index in [1.807, 2.05) is 4.90 Å². The number of aliphatic hydroxyl groups is 1. The average Bonchev–Trinajstić information content (AvgIpc) is 2.45. The molecule has 94 valence electrons. The monoisotopic (exact) mass is 227 g/mol. The number of amides is 1. The summed E-state index contributed by atoms with van der Waals surface area (Å²) in [5.74, 6) is 1.06. The topological polar surface area (TPSA) is 40.5 Å². The lowest BCUT2D eigenvalue weighted by molar-refractivity contribution is -0.130. The van der Waals surface area contributed by atoms with Gasteiger partial charge in [0.25, 0.3) is 0 Å². The van der Waals surface area contributed by atoms with Crippen LogP contribution in [0.25, 0.3) is 0 Å². The zero-order valence-electron chi connectivity index (χ0n) is 10.5. The Morgan fingerprint density at radius 1 is 1.38 bits per heavy atom. The van der Waals surface area contributed by atoms with Crippen molar-refractivity contribution in [2.24, 2.45) is 5.92 Å². The number of unbranched alkanes of at least 4 members (excludes halogenated alkanes) is 1. The van der Waals surface area contributed by atoms with Crippen molar-refractivity contribution in [1.29, 1.82) is 0 Å². The Labute approximate surface area is 98.8 Å². The van der Waals surface area contributed by atoms with Crippen molar-refractivity contribution in [3.8, 4) is 0 Å². The number of carbonyl (C=O) groups excluding carboxylic acids is 1. The van der Waals surface area contributed by atoms with Gasteiger partial charge in [-0.2, -0.15) is 0 Å². The lowest BCUT2D eigenvalue weighted by Crippen LogP contribution is -2.31. The molecule has 1 heterocycles. The molecular formula is C13H25NO2. The first-order valence-corrected chi connectivity index (χ1v) is 6.66. The van der Waals surface area contributed by atoms with Crippen molar-refractivity contribution in [2.75, 3.05) is 19.7 Å². The highest BCUT2D eigenvalue weighted by Gasteiger charge is 2.21. The van der Waals surface area contributed by atoms with E-state index >= 15 is 0 Å². The molecule has 1 aliphatic rings. The van der Waals surface area contributed by atoms with Gasteiger partial charge in [0.2, 0.25) is 5.91 Å². The van der Waals surface area contributed by atoms with Gasteiger partial charge in [-0.1, -0.05) is 19.8 Å². The Balaban J connectivity index is 2.32. The molecule has 1 aliphatic heterocycles. The van der Waals surface area contributed by atoms with Gasteiger partial charge in [-0.25, -0.2) is 0 Å². The molecule has 0 aromatic rings. The summed E-state index contributed by atoms with van der Waals surface area (Å²) in [4.78, 5) is 13.8. The summed E-state index contributed by atoms with van der Waals surface area (Å²) in [7, 11) is 0. The van der Waals surface area contributed by atoms with E-state index in [0.29, 0.717) is 5.91 Å². The Morgan fingerprint density at radius 2 is 2.19 bits per heavy atom. The van der Waals surface area contributed by atoms with E-state index in [1.54, 1.807) is 0 Å². The third-order valence-corrected chi connectivity index (χ3v) is 3.46. The highest BCUT2D eigenvalue weighted by atomic mass is 16.2. The smallest absolute Gasteiger partial charge is 0.222 e. The van der Waals surface area contributed by atoms with Crippen molar-refractivity contribution < 1.29 is 9.90 Å². The second-order valence-corrected chi connectivity index (χ2v) is 4.79. The molecule has 1 atom stereocenters. The van der Waals surface area contributed by atoms with Gasteiger partial charge in [0.05, 0.1) is 0 Å². The van der Waals surface area contributed by atoms with Crippen molar-refractivity contribution >= 4 is 5.91 Å². The fourth-order valence-electron chi connectivity index (χ4n) is 2.44. The summed E-state index contributed by atoms with van der Waals surface area (Å²) < 4.78 is 0. The highest BCUT2D eigenvalue weighted by molar-refractivity contribution is 5.76. The summed E-state index contributed by atoms with van der Waals surface area (Å²) in [6, 6.07) is 0. The van der Waals surface area contributed by atoms with Gasteiger partial charge in [-0.05, 0) is 31.6 Å². The molecule has 0 aromatic carbocycles. The Bertz CT molecular complexity index is 206. The first-order chi connectivity index (χ1) is 7.77. The second kappa shape index (κ2) is 7.66. The molecule has 3 heteroatoms. The minimum atomic E-state index is 0.237. The molecule has 0 aliphatic carbocycles. The normalized spacial score (nSPS) is 22.2. The number of hydrogen-bond acceptors (Lipinski definition) is 2. The molecule has 0 aromatic heterocycles. The van der Waals surface area contributed by atoms with Crippen molar-refractivity contribution in [1.82, 2.24) is 4.90 Å². The lowest BCUT2D eigenvalue weighted by Gasteiger charge is -2.20. The molecule has 1 saturated heterocycles. The maximum atomic E-state index is 11.8. The Kier molecular flexibility index (Phi) is 6.46. The molecule has 0 spiro atoms. The predicted molar refractivity (Wildman–Crippen MR) is 65.1 cm³/mol. The lowest BCUT2D eigenvalue weighted by atomic mass is 9.96. The van der Waals surface area contributed by atoms with Crippen molar-refractivity contribution in [3.05, 3.63) is 0 Å². The largest absolute Gasteiger partial charge is 0.396 e.